The van der Waals surface area contributed by atoms with Gasteiger partial charge in [0.25, 0.3) is 5.69 Å². The number of benzene rings is 1. The number of halogens is 1. The number of fused-ring (bicyclic) bond motifs is 1. The zero-order valence-electron chi connectivity index (χ0n) is 15.6. The predicted octanol–water partition coefficient (Wildman–Crippen LogP) is 3.48. The first-order valence-electron chi connectivity index (χ1n) is 9.61. The summed E-state index contributed by atoms with van der Waals surface area (Å²) in [7, 11) is 0. The summed E-state index contributed by atoms with van der Waals surface area (Å²) in [6.07, 6.45) is 4.55. The molecule has 2 aliphatic rings. The fourth-order valence-corrected chi connectivity index (χ4v) is 4.41. The Labute approximate surface area is 173 Å². The minimum atomic E-state index is -0.370. The molecule has 150 valence electrons. The van der Waals surface area contributed by atoms with Gasteiger partial charge in [-0.15, -0.1) is 0 Å². The van der Waals surface area contributed by atoms with Crippen LogP contribution in [0.3, 0.4) is 0 Å². The zero-order chi connectivity index (χ0) is 19.7. The van der Waals surface area contributed by atoms with Crippen LogP contribution >= 0.6 is 23.8 Å². The smallest absolute Gasteiger partial charge is 0.294 e. The summed E-state index contributed by atoms with van der Waals surface area (Å²) in [5.41, 5.74) is 0.681. The van der Waals surface area contributed by atoms with Crippen LogP contribution < -0.4 is 4.90 Å². The first-order chi connectivity index (χ1) is 13.5. The highest BCUT2D eigenvalue weighted by atomic mass is 35.5. The third kappa shape index (κ3) is 3.92. The maximum Gasteiger partial charge on any atom is 0.294 e. The molecule has 1 fully saturated rings. The van der Waals surface area contributed by atoms with E-state index >= 15 is 0 Å². The molecule has 8 nitrogen and oxygen atoms in total. The normalized spacial score (nSPS) is 18.0. The summed E-state index contributed by atoms with van der Waals surface area (Å²) in [4.78, 5) is 15.3. The van der Waals surface area contributed by atoms with Crippen LogP contribution in [0.25, 0.3) is 0 Å². The first-order valence-corrected chi connectivity index (χ1v) is 10.4. The fraction of sp³-hybridized carbons (Fsp3) is 0.556. The lowest BCUT2D eigenvalue weighted by Crippen LogP contribution is -2.47. The second-order valence-electron chi connectivity index (χ2n) is 7.30. The first kappa shape index (κ1) is 19.4. The molecule has 1 saturated heterocycles. The van der Waals surface area contributed by atoms with Crippen LogP contribution in [0.2, 0.25) is 5.02 Å². The molecule has 28 heavy (non-hydrogen) atoms. The minimum absolute atomic E-state index is 0.0565. The van der Waals surface area contributed by atoms with Gasteiger partial charge in [0.2, 0.25) is 0 Å². The number of anilines is 1. The Morgan fingerprint density at radius 1 is 1.14 bits per heavy atom. The quantitative estimate of drug-likeness (QED) is 0.426. The summed E-state index contributed by atoms with van der Waals surface area (Å²) >= 11 is 11.6. The molecule has 0 unspecified atom stereocenters. The average Bonchev–Trinajstić information content (AvgIpc) is 2.85. The lowest BCUT2D eigenvalue weighted by Gasteiger charge is -2.35. The summed E-state index contributed by atoms with van der Waals surface area (Å²) in [6.45, 7) is 4.64. The Kier molecular flexibility index (Phi) is 5.65. The maximum absolute atomic E-state index is 11.4. The number of piperazine rings is 1. The summed E-state index contributed by atoms with van der Waals surface area (Å²) in [5, 5.41) is 16.5. The molecule has 1 aromatic heterocycles. The Morgan fingerprint density at radius 3 is 2.68 bits per heavy atom. The van der Waals surface area contributed by atoms with Crippen molar-refractivity contribution in [3.63, 3.8) is 0 Å². The molecule has 2 aromatic rings. The molecule has 4 rings (SSSR count). The molecule has 2 aliphatic heterocycles. The van der Waals surface area contributed by atoms with Gasteiger partial charge >= 0.3 is 0 Å². The van der Waals surface area contributed by atoms with Crippen LogP contribution in [0, 0.1) is 14.9 Å². The van der Waals surface area contributed by atoms with Crippen LogP contribution in [0.4, 0.5) is 11.4 Å². The van der Waals surface area contributed by atoms with Crippen LogP contribution in [-0.2, 0) is 19.6 Å². The number of nitrogens with zero attached hydrogens (tertiary/aromatic N) is 6. The van der Waals surface area contributed by atoms with E-state index in [2.05, 4.69) is 9.47 Å². The third-order valence-electron chi connectivity index (χ3n) is 5.46. The van der Waals surface area contributed by atoms with Gasteiger partial charge in [-0.25, -0.2) is 4.68 Å². The van der Waals surface area contributed by atoms with E-state index in [1.54, 1.807) is 12.1 Å². The van der Waals surface area contributed by atoms with Gasteiger partial charge in [0.05, 0.1) is 11.6 Å². The Bertz CT molecular complexity index is 935. The molecule has 0 atom stereocenters. The number of rotatable bonds is 4. The van der Waals surface area contributed by atoms with E-state index in [1.807, 2.05) is 9.58 Å². The Balaban J connectivity index is 1.43. The van der Waals surface area contributed by atoms with E-state index in [0.717, 1.165) is 43.1 Å². The largest absolute Gasteiger partial charge is 0.363 e. The number of hydrogen-bond acceptors (Lipinski definition) is 6. The van der Waals surface area contributed by atoms with Gasteiger partial charge < -0.3 is 9.47 Å². The number of aryl methyl sites for hydroxylation is 1. The van der Waals surface area contributed by atoms with E-state index < -0.39 is 0 Å². The Hall–Kier alpha value is -1.97. The average molecular weight is 423 g/mol. The summed E-state index contributed by atoms with van der Waals surface area (Å²) < 4.78 is 4.90. The molecule has 0 amide bonds. The number of nitro groups is 1. The van der Waals surface area contributed by atoms with Crippen molar-refractivity contribution in [2.45, 2.75) is 38.9 Å². The lowest BCUT2D eigenvalue weighted by molar-refractivity contribution is -0.384. The van der Waals surface area contributed by atoms with Gasteiger partial charge in [-0.1, -0.05) is 18.0 Å². The molecular formula is C18H23ClN6O2S. The second kappa shape index (κ2) is 8.18. The van der Waals surface area contributed by atoms with E-state index in [1.165, 1.54) is 18.9 Å². The van der Waals surface area contributed by atoms with Crippen molar-refractivity contribution in [2.75, 3.05) is 31.1 Å². The van der Waals surface area contributed by atoms with Crippen LogP contribution in [0.1, 0.15) is 25.1 Å². The molecule has 0 N–H and O–H groups in total. The van der Waals surface area contributed by atoms with E-state index in [0.29, 0.717) is 30.5 Å². The van der Waals surface area contributed by atoms with Gasteiger partial charge in [0.15, 0.2) is 4.77 Å². The van der Waals surface area contributed by atoms with Gasteiger partial charge in [0, 0.05) is 50.2 Å². The van der Waals surface area contributed by atoms with Gasteiger partial charge in [-0.05, 0) is 37.2 Å². The number of nitro benzene ring substituents is 1. The van der Waals surface area contributed by atoms with Crippen LogP contribution in [-0.4, -0.2) is 50.3 Å². The Morgan fingerprint density at radius 2 is 1.93 bits per heavy atom. The molecule has 1 aromatic carbocycles. The molecule has 3 heterocycles. The molecule has 0 radical (unpaired) electrons. The van der Waals surface area contributed by atoms with Crippen molar-refractivity contribution in [3.8, 4) is 0 Å². The topological polar surface area (TPSA) is 72.4 Å². The van der Waals surface area contributed by atoms with Gasteiger partial charge in [-0.2, -0.15) is 5.10 Å². The fourth-order valence-electron chi connectivity index (χ4n) is 3.95. The highest BCUT2D eigenvalue weighted by Gasteiger charge is 2.25. The van der Waals surface area contributed by atoms with Crippen molar-refractivity contribution in [1.29, 1.82) is 0 Å². The third-order valence-corrected chi connectivity index (χ3v) is 6.13. The van der Waals surface area contributed by atoms with Gasteiger partial charge in [-0.3, -0.25) is 15.0 Å². The molecule has 0 spiro atoms. The van der Waals surface area contributed by atoms with E-state index in [-0.39, 0.29) is 10.6 Å². The number of hydrogen-bond donors (Lipinski definition) is 0. The molecule has 0 aliphatic carbocycles. The summed E-state index contributed by atoms with van der Waals surface area (Å²) in [5.74, 6) is 1.10. The van der Waals surface area contributed by atoms with Crippen LogP contribution in [0.15, 0.2) is 18.2 Å². The molecule has 0 saturated carbocycles. The standard InChI is InChI=1S/C18H23ClN6O2S/c19-14-5-6-15(16(12-14)25(26)27)22-10-8-21(9-11-22)13-24-18(28)23-7-3-1-2-4-17(23)20-24/h5-6,12H,1-4,7-11,13H2. The molecular weight excluding hydrogens is 400 g/mol. The maximum atomic E-state index is 11.4. The zero-order valence-corrected chi connectivity index (χ0v) is 17.2. The molecule has 10 heteroatoms. The monoisotopic (exact) mass is 422 g/mol. The highest BCUT2D eigenvalue weighted by molar-refractivity contribution is 7.71. The lowest BCUT2D eigenvalue weighted by atomic mass is 10.2. The minimum Gasteiger partial charge on any atom is -0.363 e. The van der Waals surface area contributed by atoms with E-state index in [9.17, 15) is 10.1 Å². The second-order valence-corrected chi connectivity index (χ2v) is 8.10. The van der Waals surface area contributed by atoms with Crippen LogP contribution in [0.5, 0.6) is 0 Å². The van der Waals surface area contributed by atoms with Crippen molar-refractivity contribution >= 4 is 35.2 Å². The van der Waals surface area contributed by atoms with Crippen molar-refractivity contribution in [3.05, 3.63) is 43.9 Å². The molecule has 0 bridgehead atoms. The SMILES string of the molecule is O=[N+]([O-])c1cc(Cl)ccc1N1CCN(Cn2nc3n(c2=S)CCCCC3)CC1. The van der Waals surface area contributed by atoms with Crippen molar-refractivity contribution in [1.82, 2.24) is 19.2 Å². The summed E-state index contributed by atoms with van der Waals surface area (Å²) in [6, 6.07) is 4.85. The highest BCUT2D eigenvalue weighted by Crippen LogP contribution is 2.31. The number of aromatic nitrogens is 3. The van der Waals surface area contributed by atoms with Crippen molar-refractivity contribution < 1.29 is 4.92 Å². The van der Waals surface area contributed by atoms with Crippen molar-refractivity contribution in [2.24, 2.45) is 0 Å². The van der Waals surface area contributed by atoms with Gasteiger partial charge in [0.1, 0.15) is 11.5 Å². The van der Waals surface area contributed by atoms with E-state index in [4.69, 9.17) is 28.9 Å². The predicted molar refractivity (Wildman–Crippen MR) is 110 cm³/mol.